The molecule has 0 unspecified atom stereocenters. The summed E-state index contributed by atoms with van der Waals surface area (Å²) in [5.41, 5.74) is 0.468. The first-order chi connectivity index (χ1) is 13.7. The van der Waals surface area contributed by atoms with E-state index in [9.17, 15) is 18.0 Å². The molecule has 1 aliphatic heterocycles. The van der Waals surface area contributed by atoms with Gasteiger partial charge in [0, 0.05) is 18.5 Å². The molecule has 0 aliphatic carbocycles. The van der Waals surface area contributed by atoms with E-state index in [0.717, 1.165) is 4.90 Å². The molecule has 3 rings (SSSR count). The number of nitrogens with zero attached hydrogens (tertiary/aromatic N) is 1. The maximum atomic E-state index is 12.8. The molecule has 0 radical (unpaired) electrons. The van der Waals surface area contributed by atoms with Crippen LogP contribution in [0.4, 0.5) is 11.4 Å². The van der Waals surface area contributed by atoms with Gasteiger partial charge in [-0.2, -0.15) is 0 Å². The summed E-state index contributed by atoms with van der Waals surface area (Å²) >= 11 is 0. The van der Waals surface area contributed by atoms with Crippen molar-refractivity contribution >= 4 is 33.2 Å². The second kappa shape index (κ2) is 8.12. The highest BCUT2D eigenvalue weighted by Gasteiger charge is 2.33. The summed E-state index contributed by atoms with van der Waals surface area (Å²) in [6, 6.07) is 10.5. The third kappa shape index (κ3) is 4.51. The first kappa shape index (κ1) is 20.7. The van der Waals surface area contributed by atoms with Crippen LogP contribution in [0.1, 0.15) is 26.7 Å². The highest BCUT2D eigenvalue weighted by molar-refractivity contribution is 7.92. The van der Waals surface area contributed by atoms with Gasteiger partial charge in [-0.05, 0) is 56.3 Å². The fourth-order valence-electron chi connectivity index (χ4n) is 2.94. The van der Waals surface area contributed by atoms with Gasteiger partial charge < -0.3 is 9.47 Å². The van der Waals surface area contributed by atoms with E-state index in [2.05, 4.69) is 4.72 Å². The first-order valence-corrected chi connectivity index (χ1v) is 10.5. The van der Waals surface area contributed by atoms with Crippen LogP contribution in [0.5, 0.6) is 11.5 Å². The lowest BCUT2D eigenvalue weighted by Crippen LogP contribution is -2.29. The van der Waals surface area contributed by atoms with Crippen LogP contribution in [0, 0.1) is 0 Å². The number of hydrogen-bond acceptors (Lipinski definition) is 6. The van der Waals surface area contributed by atoms with Crippen LogP contribution >= 0.6 is 0 Å². The van der Waals surface area contributed by atoms with Crippen LogP contribution in [0.2, 0.25) is 0 Å². The lowest BCUT2D eigenvalue weighted by Gasteiger charge is -2.18. The van der Waals surface area contributed by atoms with Crippen molar-refractivity contribution in [2.45, 2.75) is 37.7 Å². The molecule has 0 aromatic heterocycles. The van der Waals surface area contributed by atoms with Gasteiger partial charge in [-0.15, -0.1) is 0 Å². The largest absolute Gasteiger partial charge is 0.495 e. The summed E-state index contributed by atoms with van der Waals surface area (Å²) in [5, 5.41) is 0. The number of ether oxygens (including phenoxy) is 2. The highest BCUT2D eigenvalue weighted by Crippen LogP contribution is 2.34. The number of carbonyl (C=O) groups excluding carboxylic acids is 2. The molecule has 154 valence electrons. The van der Waals surface area contributed by atoms with Gasteiger partial charge in [-0.25, -0.2) is 13.3 Å². The summed E-state index contributed by atoms with van der Waals surface area (Å²) < 4.78 is 38.9. The predicted octanol–water partition coefficient (Wildman–Crippen LogP) is 2.94. The number of nitrogens with one attached hydrogen (secondary N) is 1. The number of hydrogen-bond donors (Lipinski definition) is 1. The standard InChI is InChI=1S/C20H22N2O6S/c1-13(2)28-15-6-4-14(5-7-15)21-29(25,26)16-8-9-18(27-3)17(12-16)22-19(23)10-11-20(22)24/h4-9,12-13,21H,10-11H2,1-3H3. The molecule has 1 saturated heterocycles. The van der Waals surface area contributed by atoms with Gasteiger partial charge in [0.05, 0.1) is 23.8 Å². The molecular formula is C20H22N2O6S. The summed E-state index contributed by atoms with van der Waals surface area (Å²) in [5.74, 6) is 0.0802. The average Bonchev–Trinajstić information content (AvgIpc) is 3.00. The predicted molar refractivity (Wildman–Crippen MR) is 108 cm³/mol. The zero-order valence-electron chi connectivity index (χ0n) is 16.3. The molecule has 2 aromatic carbocycles. The van der Waals surface area contributed by atoms with Gasteiger partial charge in [-0.3, -0.25) is 14.3 Å². The van der Waals surface area contributed by atoms with Crippen molar-refractivity contribution in [2.24, 2.45) is 0 Å². The molecule has 1 heterocycles. The van der Waals surface area contributed by atoms with Gasteiger partial charge in [0.1, 0.15) is 11.5 Å². The van der Waals surface area contributed by atoms with Gasteiger partial charge in [-0.1, -0.05) is 0 Å². The van der Waals surface area contributed by atoms with E-state index in [-0.39, 0.29) is 35.3 Å². The number of imide groups is 1. The zero-order chi connectivity index (χ0) is 21.2. The molecule has 0 atom stereocenters. The van der Waals surface area contributed by atoms with Gasteiger partial charge >= 0.3 is 0 Å². The van der Waals surface area contributed by atoms with Crippen LogP contribution in [0.15, 0.2) is 47.4 Å². The molecule has 1 fully saturated rings. The summed E-state index contributed by atoms with van der Waals surface area (Å²) in [4.78, 5) is 25.0. The Bertz CT molecular complexity index is 1020. The minimum absolute atomic E-state index is 0.00581. The van der Waals surface area contributed by atoms with E-state index < -0.39 is 21.8 Å². The smallest absolute Gasteiger partial charge is 0.261 e. The normalized spacial score (nSPS) is 14.4. The number of methoxy groups -OCH3 is 1. The molecule has 8 nitrogen and oxygen atoms in total. The fourth-order valence-corrected chi connectivity index (χ4v) is 4.02. The number of benzene rings is 2. The Balaban J connectivity index is 1.90. The fraction of sp³-hybridized carbons (Fsp3) is 0.300. The lowest BCUT2D eigenvalue weighted by atomic mass is 10.2. The second-order valence-corrected chi connectivity index (χ2v) is 8.44. The van der Waals surface area contributed by atoms with E-state index in [1.54, 1.807) is 24.3 Å². The average molecular weight is 418 g/mol. The monoisotopic (exact) mass is 418 g/mol. The Hall–Kier alpha value is -3.07. The molecule has 1 aliphatic rings. The van der Waals surface area contributed by atoms with Crippen molar-refractivity contribution < 1.29 is 27.5 Å². The Labute approximate surface area is 169 Å². The van der Waals surface area contributed by atoms with Crippen LogP contribution in [-0.4, -0.2) is 33.4 Å². The Morgan fingerprint density at radius 3 is 2.17 bits per heavy atom. The molecule has 1 N–H and O–H groups in total. The number of sulfonamides is 1. The maximum Gasteiger partial charge on any atom is 0.261 e. The SMILES string of the molecule is COc1ccc(S(=O)(=O)Nc2ccc(OC(C)C)cc2)cc1N1C(=O)CCC1=O. The summed E-state index contributed by atoms with van der Waals surface area (Å²) in [7, 11) is -2.57. The van der Waals surface area contributed by atoms with Crippen molar-refractivity contribution in [3.63, 3.8) is 0 Å². The van der Waals surface area contributed by atoms with Crippen LogP contribution in [0.25, 0.3) is 0 Å². The van der Waals surface area contributed by atoms with Crippen molar-refractivity contribution in [3.05, 3.63) is 42.5 Å². The molecular weight excluding hydrogens is 396 g/mol. The van der Waals surface area contributed by atoms with Crippen molar-refractivity contribution in [1.82, 2.24) is 0 Å². The highest BCUT2D eigenvalue weighted by atomic mass is 32.2. The Kier molecular flexibility index (Phi) is 5.78. The quantitative estimate of drug-likeness (QED) is 0.694. The number of carbonyl (C=O) groups is 2. The van der Waals surface area contributed by atoms with Gasteiger partial charge in [0.2, 0.25) is 11.8 Å². The summed E-state index contributed by atoms with van der Waals surface area (Å²) in [6.45, 7) is 3.79. The number of rotatable bonds is 7. The van der Waals surface area contributed by atoms with Crippen LogP contribution in [-0.2, 0) is 19.6 Å². The van der Waals surface area contributed by atoms with Crippen molar-refractivity contribution in [3.8, 4) is 11.5 Å². The molecule has 9 heteroatoms. The second-order valence-electron chi connectivity index (χ2n) is 6.75. The Morgan fingerprint density at radius 1 is 1.00 bits per heavy atom. The van der Waals surface area contributed by atoms with E-state index in [1.807, 2.05) is 13.8 Å². The summed E-state index contributed by atoms with van der Waals surface area (Å²) in [6.07, 6.45) is 0.176. The third-order valence-electron chi connectivity index (χ3n) is 4.23. The van der Waals surface area contributed by atoms with E-state index >= 15 is 0 Å². The van der Waals surface area contributed by atoms with Crippen LogP contribution in [0.3, 0.4) is 0 Å². The number of amides is 2. The molecule has 2 aromatic rings. The Morgan fingerprint density at radius 2 is 1.62 bits per heavy atom. The van der Waals surface area contributed by atoms with Crippen LogP contribution < -0.4 is 19.1 Å². The minimum Gasteiger partial charge on any atom is -0.495 e. The zero-order valence-corrected chi connectivity index (χ0v) is 17.2. The van der Waals surface area contributed by atoms with Gasteiger partial charge in [0.25, 0.3) is 10.0 Å². The topological polar surface area (TPSA) is 102 Å². The third-order valence-corrected chi connectivity index (χ3v) is 5.61. The molecule has 29 heavy (non-hydrogen) atoms. The number of anilines is 2. The minimum atomic E-state index is -3.96. The first-order valence-electron chi connectivity index (χ1n) is 9.04. The molecule has 2 amide bonds. The molecule has 0 spiro atoms. The maximum absolute atomic E-state index is 12.8. The van der Waals surface area contributed by atoms with E-state index in [1.165, 1.54) is 25.3 Å². The molecule has 0 bridgehead atoms. The van der Waals surface area contributed by atoms with E-state index in [4.69, 9.17) is 9.47 Å². The van der Waals surface area contributed by atoms with Gasteiger partial charge in [0.15, 0.2) is 0 Å². The molecule has 0 saturated carbocycles. The van der Waals surface area contributed by atoms with Crippen molar-refractivity contribution in [1.29, 1.82) is 0 Å². The van der Waals surface area contributed by atoms with E-state index in [0.29, 0.717) is 11.4 Å². The lowest BCUT2D eigenvalue weighted by molar-refractivity contribution is -0.121. The van der Waals surface area contributed by atoms with Crippen molar-refractivity contribution in [2.75, 3.05) is 16.7 Å².